The number of rotatable bonds is 7. The Kier molecular flexibility index (Phi) is 5.22. The first-order valence-electron chi connectivity index (χ1n) is 7.48. The molecule has 2 heterocycles. The number of aromatic nitrogens is 2. The van der Waals surface area contributed by atoms with Gasteiger partial charge in [-0.15, -0.1) is 11.3 Å². The Morgan fingerprint density at radius 3 is 3.04 bits per heavy atom. The second-order valence-electron chi connectivity index (χ2n) is 5.17. The summed E-state index contributed by atoms with van der Waals surface area (Å²) in [6.45, 7) is 0.559. The van der Waals surface area contributed by atoms with Crippen LogP contribution in [0.5, 0.6) is 5.75 Å². The quantitative estimate of drug-likeness (QED) is 0.714. The van der Waals surface area contributed by atoms with E-state index >= 15 is 0 Å². The van der Waals surface area contributed by atoms with Gasteiger partial charge in [0.2, 0.25) is 5.91 Å². The Morgan fingerprint density at radius 2 is 2.25 bits per heavy atom. The second kappa shape index (κ2) is 7.74. The lowest BCUT2D eigenvalue weighted by Gasteiger charge is -2.01. The molecule has 0 aliphatic rings. The molecule has 3 rings (SSSR count). The minimum Gasteiger partial charge on any atom is -0.497 e. The number of nitrogens with one attached hydrogen (secondary N) is 1. The Bertz CT molecular complexity index is 799. The molecule has 0 aliphatic heterocycles. The summed E-state index contributed by atoms with van der Waals surface area (Å²) in [5, 5.41) is 8.80. The van der Waals surface area contributed by atoms with E-state index in [1.54, 1.807) is 30.0 Å². The van der Waals surface area contributed by atoms with Crippen molar-refractivity contribution in [3.8, 4) is 17.1 Å². The topological polar surface area (TPSA) is 77.2 Å². The highest BCUT2D eigenvalue weighted by molar-refractivity contribution is 7.07. The number of nitrogens with zero attached hydrogens (tertiary/aromatic N) is 2. The van der Waals surface area contributed by atoms with E-state index in [-0.39, 0.29) is 12.3 Å². The van der Waals surface area contributed by atoms with Crippen molar-refractivity contribution in [2.45, 2.75) is 12.8 Å². The Morgan fingerprint density at radius 1 is 1.33 bits per heavy atom. The number of hydrogen-bond acceptors (Lipinski definition) is 6. The Hall–Kier alpha value is -2.67. The normalized spacial score (nSPS) is 10.5. The van der Waals surface area contributed by atoms with Crippen LogP contribution < -0.4 is 10.1 Å². The fourth-order valence-electron chi connectivity index (χ4n) is 2.23. The first-order chi connectivity index (χ1) is 11.7. The molecule has 0 spiro atoms. The van der Waals surface area contributed by atoms with Gasteiger partial charge in [-0.2, -0.15) is 0 Å². The van der Waals surface area contributed by atoms with Crippen LogP contribution in [0.15, 0.2) is 45.7 Å². The number of carbonyl (C=O) groups excluding carboxylic acids is 1. The summed E-state index contributed by atoms with van der Waals surface area (Å²) in [5.41, 5.74) is 4.23. The molecule has 124 valence electrons. The average Bonchev–Trinajstić information content (AvgIpc) is 3.27. The summed E-state index contributed by atoms with van der Waals surface area (Å²) in [6.07, 6.45) is 0.910. The van der Waals surface area contributed by atoms with E-state index in [2.05, 4.69) is 15.5 Å². The van der Waals surface area contributed by atoms with Crippen LogP contribution >= 0.6 is 11.3 Å². The summed E-state index contributed by atoms with van der Waals surface area (Å²) in [4.78, 5) is 16.1. The lowest BCUT2D eigenvalue weighted by atomic mass is 10.1. The molecule has 1 N–H and O–H groups in total. The predicted molar refractivity (Wildman–Crippen MR) is 91.0 cm³/mol. The third kappa shape index (κ3) is 4.20. The van der Waals surface area contributed by atoms with Gasteiger partial charge in [-0.3, -0.25) is 4.79 Å². The first kappa shape index (κ1) is 16.2. The number of benzene rings is 1. The summed E-state index contributed by atoms with van der Waals surface area (Å²) in [6, 6.07) is 9.27. The van der Waals surface area contributed by atoms with Gasteiger partial charge in [0.25, 0.3) is 0 Å². The second-order valence-corrected chi connectivity index (χ2v) is 5.89. The van der Waals surface area contributed by atoms with Crippen molar-refractivity contribution >= 4 is 17.2 Å². The monoisotopic (exact) mass is 343 g/mol. The summed E-state index contributed by atoms with van der Waals surface area (Å²) in [7, 11) is 1.61. The van der Waals surface area contributed by atoms with Crippen LogP contribution in [0.2, 0.25) is 0 Å². The molecule has 0 unspecified atom stereocenters. The van der Waals surface area contributed by atoms with Crippen molar-refractivity contribution in [3.05, 3.63) is 52.6 Å². The standard InChI is InChI=1S/C17H17N3O3S/c1-22-15-4-2-3-12(7-15)16-8-14(20-23-16)9-17(21)18-6-5-13-10-24-11-19-13/h2-4,7-8,10-11H,5-6,9H2,1H3,(H,18,21). The maximum Gasteiger partial charge on any atom is 0.226 e. The molecule has 2 aromatic heterocycles. The van der Waals surface area contributed by atoms with E-state index in [1.807, 2.05) is 29.6 Å². The third-order valence-corrected chi connectivity index (χ3v) is 4.08. The Labute approximate surface area is 143 Å². The van der Waals surface area contributed by atoms with Gasteiger partial charge < -0.3 is 14.6 Å². The van der Waals surface area contributed by atoms with Crippen LogP contribution in [0, 0.1) is 0 Å². The van der Waals surface area contributed by atoms with Crippen molar-refractivity contribution in [1.82, 2.24) is 15.5 Å². The number of thiazole rings is 1. The molecule has 0 atom stereocenters. The molecule has 7 heteroatoms. The van der Waals surface area contributed by atoms with Crippen LogP contribution in [0.1, 0.15) is 11.4 Å². The highest BCUT2D eigenvalue weighted by atomic mass is 32.1. The van der Waals surface area contributed by atoms with Crippen molar-refractivity contribution in [3.63, 3.8) is 0 Å². The molecule has 24 heavy (non-hydrogen) atoms. The molecule has 3 aromatic rings. The van der Waals surface area contributed by atoms with Crippen LogP contribution in [0.3, 0.4) is 0 Å². The van der Waals surface area contributed by atoms with Crippen molar-refractivity contribution in [2.24, 2.45) is 0 Å². The molecule has 0 saturated carbocycles. The third-order valence-electron chi connectivity index (χ3n) is 3.44. The van der Waals surface area contributed by atoms with Crippen LogP contribution in [0.25, 0.3) is 11.3 Å². The number of hydrogen-bond donors (Lipinski definition) is 1. The molecule has 0 saturated heterocycles. The number of carbonyl (C=O) groups is 1. The first-order valence-corrected chi connectivity index (χ1v) is 8.42. The fraction of sp³-hybridized carbons (Fsp3) is 0.235. The minimum absolute atomic E-state index is 0.0873. The molecule has 0 radical (unpaired) electrons. The van der Waals surface area contributed by atoms with Crippen molar-refractivity contribution < 1.29 is 14.1 Å². The van der Waals surface area contributed by atoms with E-state index in [9.17, 15) is 4.79 Å². The van der Waals surface area contributed by atoms with Gasteiger partial charge in [-0.25, -0.2) is 4.98 Å². The predicted octanol–water partition coefficient (Wildman–Crippen LogP) is 2.71. The van der Waals surface area contributed by atoms with E-state index in [1.165, 1.54) is 0 Å². The van der Waals surface area contributed by atoms with Gasteiger partial charge in [0, 0.05) is 30.0 Å². The smallest absolute Gasteiger partial charge is 0.226 e. The number of amides is 1. The van der Waals surface area contributed by atoms with Crippen LogP contribution in [0.4, 0.5) is 0 Å². The van der Waals surface area contributed by atoms with Gasteiger partial charge in [0.15, 0.2) is 5.76 Å². The molecule has 0 bridgehead atoms. The maximum atomic E-state index is 12.0. The van der Waals surface area contributed by atoms with Crippen molar-refractivity contribution in [1.29, 1.82) is 0 Å². The largest absolute Gasteiger partial charge is 0.497 e. The molecule has 0 aliphatic carbocycles. The number of methoxy groups -OCH3 is 1. The van der Waals surface area contributed by atoms with Gasteiger partial charge in [0.1, 0.15) is 5.75 Å². The number of ether oxygens (including phenoxy) is 1. The minimum atomic E-state index is -0.0873. The zero-order chi connectivity index (χ0) is 16.8. The highest BCUT2D eigenvalue weighted by Gasteiger charge is 2.11. The highest BCUT2D eigenvalue weighted by Crippen LogP contribution is 2.24. The van der Waals surface area contributed by atoms with Gasteiger partial charge >= 0.3 is 0 Å². The van der Waals surface area contributed by atoms with E-state index < -0.39 is 0 Å². The summed E-state index contributed by atoms with van der Waals surface area (Å²) in [5.74, 6) is 1.26. The summed E-state index contributed by atoms with van der Waals surface area (Å²) >= 11 is 1.55. The molecular weight excluding hydrogens is 326 g/mol. The van der Waals surface area contributed by atoms with Crippen LogP contribution in [-0.4, -0.2) is 29.7 Å². The lowest BCUT2D eigenvalue weighted by molar-refractivity contribution is -0.120. The van der Waals surface area contributed by atoms with E-state index in [0.29, 0.717) is 18.0 Å². The molecule has 1 amide bonds. The van der Waals surface area contributed by atoms with Gasteiger partial charge in [0.05, 0.1) is 30.4 Å². The molecule has 0 fully saturated rings. The lowest BCUT2D eigenvalue weighted by Crippen LogP contribution is -2.27. The zero-order valence-electron chi connectivity index (χ0n) is 13.2. The van der Waals surface area contributed by atoms with Gasteiger partial charge in [-0.1, -0.05) is 17.3 Å². The van der Waals surface area contributed by atoms with E-state index in [0.717, 1.165) is 23.4 Å². The SMILES string of the molecule is COc1cccc(-c2cc(CC(=O)NCCc3cscn3)no2)c1. The van der Waals surface area contributed by atoms with Gasteiger partial charge in [-0.05, 0) is 12.1 Å². The average molecular weight is 343 g/mol. The molecule has 1 aromatic carbocycles. The summed E-state index contributed by atoms with van der Waals surface area (Å²) < 4.78 is 10.5. The van der Waals surface area contributed by atoms with Crippen molar-refractivity contribution in [2.75, 3.05) is 13.7 Å². The zero-order valence-corrected chi connectivity index (χ0v) is 14.0. The Balaban J connectivity index is 1.54. The fourth-order valence-corrected chi connectivity index (χ4v) is 2.82. The maximum absolute atomic E-state index is 12.0. The molecule has 6 nitrogen and oxygen atoms in total. The van der Waals surface area contributed by atoms with Crippen LogP contribution in [-0.2, 0) is 17.6 Å². The molecular formula is C17H17N3O3S. The van der Waals surface area contributed by atoms with E-state index in [4.69, 9.17) is 9.26 Å².